The van der Waals surface area contributed by atoms with Gasteiger partial charge < -0.3 is 9.15 Å². The number of anilines is 1. The van der Waals surface area contributed by atoms with Gasteiger partial charge in [0.2, 0.25) is 0 Å². The van der Waals surface area contributed by atoms with E-state index in [4.69, 9.17) is 9.15 Å². The molecule has 0 unspecified atom stereocenters. The number of methoxy groups -OCH3 is 1. The molecule has 0 aliphatic carbocycles. The quantitative estimate of drug-likeness (QED) is 0.459. The first-order chi connectivity index (χ1) is 13.5. The second-order valence-electron chi connectivity index (χ2n) is 6.60. The van der Waals surface area contributed by atoms with Crippen molar-refractivity contribution in [1.29, 1.82) is 0 Å². The molecule has 0 fully saturated rings. The van der Waals surface area contributed by atoms with Crippen molar-refractivity contribution in [3.63, 3.8) is 0 Å². The van der Waals surface area contributed by atoms with Gasteiger partial charge in [-0.3, -0.25) is 9.69 Å². The fourth-order valence-corrected chi connectivity index (χ4v) is 3.94. The molecule has 2 aromatic carbocycles. The van der Waals surface area contributed by atoms with Crippen LogP contribution in [0, 0.1) is 13.8 Å². The topological polar surface area (TPSA) is 55.6 Å². The van der Waals surface area contributed by atoms with Crippen LogP contribution in [0.15, 0.2) is 59.2 Å². The predicted molar refractivity (Wildman–Crippen MR) is 111 cm³/mol. The fourth-order valence-electron chi connectivity index (χ4n) is 2.95. The number of thiazole rings is 1. The Balaban J connectivity index is 1.76. The van der Waals surface area contributed by atoms with E-state index in [-0.39, 0.29) is 5.91 Å². The van der Waals surface area contributed by atoms with E-state index in [2.05, 4.69) is 4.98 Å². The maximum absolute atomic E-state index is 13.4. The van der Waals surface area contributed by atoms with Crippen LogP contribution in [0.2, 0.25) is 0 Å². The Morgan fingerprint density at radius 3 is 2.71 bits per heavy atom. The van der Waals surface area contributed by atoms with E-state index < -0.39 is 0 Å². The summed E-state index contributed by atoms with van der Waals surface area (Å²) < 4.78 is 11.8. The van der Waals surface area contributed by atoms with E-state index in [1.807, 2.05) is 62.4 Å². The molecule has 4 rings (SSSR count). The van der Waals surface area contributed by atoms with Crippen molar-refractivity contribution in [3.05, 3.63) is 77.2 Å². The number of fused-ring (bicyclic) bond motifs is 1. The van der Waals surface area contributed by atoms with Gasteiger partial charge in [-0.05, 0) is 67.4 Å². The van der Waals surface area contributed by atoms with E-state index in [0.717, 1.165) is 27.1 Å². The molecule has 1 amide bonds. The summed E-state index contributed by atoms with van der Waals surface area (Å²) >= 11 is 1.46. The minimum atomic E-state index is -0.106. The highest BCUT2D eigenvalue weighted by Crippen LogP contribution is 2.33. The molecular formula is C22H20N2O3S. The first-order valence-electron chi connectivity index (χ1n) is 8.91. The summed E-state index contributed by atoms with van der Waals surface area (Å²) in [5.74, 6) is 1.36. The minimum absolute atomic E-state index is 0.106. The third-order valence-corrected chi connectivity index (χ3v) is 5.75. The van der Waals surface area contributed by atoms with Crippen molar-refractivity contribution < 1.29 is 13.9 Å². The molecule has 0 aliphatic heterocycles. The number of carbonyl (C=O) groups excluding carboxylic acids is 1. The van der Waals surface area contributed by atoms with Gasteiger partial charge in [-0.15, -0.1) is 0 Å². The molecule has 2 heterocycles. The van der Waals surface area contributed by atoms with Crippen LogP contribution < -0.4 is 9.64 Å². The summed E-state index contributed by atoms with van der Waals surface area (Å²) in [7, 11) is 1.63. The molecule has 6 heteroatoms. The molecule has 0 N–H and O–H groups in total. The molecule has 0 saturated carbocycles. The van der Waals surface area contributed by atoms with E-state index in [1.54, 1.807) is 18.3 Å². The highest BCUT2D eigenvalue weighted by molar-refractivity contribution is 7.22. The van der Waals surface area contributed by atoms with E-state index in [0.29, 0.717) is 23.0 Å². The molecule has 2 aromatic heterocycles. The monoisotopic (exact) mass is 392 g/mol. The zero-order valence-electron chi connectivity index (χ0n) is 15.9. The van der Waals surface area contributed by atoms with Crippen LogP contribution in [0.3, 0.4) is 0 Å². The lowest BCUT2D eigenvalue weighted by atomic mass is 10.1. The fraction of sp³-hybridized carbons (Fsp3) is 0.182. The molecule has 0 aliphatic rings. The number of benzene rings is 2. The smallest absolute Gasteiger partial charge is 0.260 e. The molecule has 4 aromatic rings. The van der Waals surface area contributed by atoms with Gasteiger partial charge in [0.05, 0.1) is 30.1 Å². The summed E-state index contributed by atoms with van der Waals surface area (Å²) in [6.07, 6.45) is 1.61. The van der Waals surface area contributed by atoms with E-state index in [1.165, 1.54) is 11.3 Å². The highest BCUT2D eigenvalue weighted by atomic mass is 32.1. The van der Waals surface area contributed by atoms with Gasteiger partial charge in [-0.2, -0.15) is 0 Å². The Kier molecular flexibility index (Phi) is 4.88. The Morgan fingerprint density at radius 1 is 1.14 bits per heavy atom. The number of nitrogens with zero attached hydrogens (tertiary/aromatic N) is 2. The normalized spacial score (nSPS) is 11.0. The zero-order valence-corrected chi connectivity index (χ0v) is 16.7. The third kappa shape index (κ3) is 3.51. The number of hydrogen-bond acceptors (Lipinski definition) is 5. The van der Waals surface area contributed by atoms with Crippen LogP contribution >= 0.6 is 11.3 Å². The summed E-state index contributed by atoms with van der Waals surface area (Å²) in [5.41, 5.74) is 3.70. The second-order valence-corrected chi connectivity index (χ2v) is 7.61. The summed E-state index contributed by atoms with van der Waals surface area (Å²) in [6, 6.07) is 15.1. The number of aromatic nitrogens is 1. The Labute approximate surface area is 167 Å². The van der Waals surface area contributed by atoms with Gasteiger partial charge in [0.1, 0.15) is 11.5 Å². The van der Waals surface area contributed by atoms with Crippen LogP contribution in [-0.2, 0) is 6.54 Å². The first-order valence-corrected chi connectivity index (χ1v) is 9.73. The summed E-state index contributed by atoms with van der Waals surface area (Å²) in [4.78, 5) is 19.7. The number of hydrogen-bond donors (Lipinski definition) is 0. The second kappa shape index (κ2) is 7.48. The van der Waals surface area contributed by atoms with Crippen LogP contribution in [0.4, 0.5) is 5.13 Å². The molecule has 28 heavy (non-hydrogen) atoms. The van der Waals surface area contributed by atoms with Crippen molar-refractivity contribution in [2.24, 2.45) is 0 Å². The SMILES string of the molecule is COc1ccc2nc(N(Cc3ccco3)C(=O)c3ccc(C)c(C)c3)sc2c1. The summed E-state index contributed by atoms with van der Waals surface area (Å²) in [5, 5.41) is 0.628. The molecule has 0 bridgehead atoms. The predicted octanol–water partition coefficient (Wildman–Crippen LogP) is 5.36. The van der Waals surface area contributed by atoms with Gasteiger partial charge in [-0.25, -0.2) is 4.98 Å². The van der Waals surface area contributed by atoms with E-state index >= 15 is 0 Å². The molecule has 142 valence electrons. The van der Waals surface area contributed by atoms with Crippen LogP contribution in [0.5, 0.6) is 5.75 Å². The molecule has 0 radical (unpaired) electrons. The number of amides is 1. The van der Waals surface area contributed by atoms with Crippen molar-refractivity contribution in [2.45, 2.75) is 20.4 Å². The number of aryl methyl sites for hydroxylation is 2. The lowest BCUT2D eigenvalue weighted by Crippen LogP contribution is -2.30. The highest BCUT2D eigenvalue weighted by Gasteiger charge is 2.23. The van der Waals surface area contributed by atoms with Crippen LogP contribution in [0.1, 0.15) is 27.2 Å². The lowest BCUT2D eigenvalue weighted by molar-refractivity contribution is 0.0983. The van der Waals surface area contributed by atoms with Gasteiger partial charge in [0.25, 0.3) is 5.91 Å². The van der Waals surface area contributed by atoms with Crippen molar-refractivity contribution in [1.82, 2.24) is 4.98 Å². The van der Waals surface area contributed by atoms with Gasteiger partial charge in [0, 0.05) is 5.56 Å². The average Bonchev–Trinajstić information content (AvgIpc) is 3.36. The number of furan rings is 1. The van der Waals surface area contributed by atoms with Crippen molar-refractivity contribution >= 4 is 32.6 Å². The molecule has 0 atom stereocenters. The molecule has 5 nitrogen and oxygen atoms in total. The zero-order chi connectivity index (χ0) is 19.7. The van der Waals surface area contributed by atoms with Gasteiger partial charge >= 0.3 is 0 Å². The average molecular weight is 392 g/mol. The van der Waals surface area contributed by atoms with Crippen LogP contribution in [0.25, 0.3) is 10.2 Å². The number of carbonyl (C=O) groups is 1. The Hall–Kier alpha value is -3.12. The lowest BCUT2D eigenvalue weighted by Gasteiger charge is -2.19. The third-order valence-electron chi connectivity index (χ3n) is 4.71. The largest absolute Gasteiger partial charge is 0.497 e. The molecular weight excluding hydrogens is 372 g/mol. The molecule has 0 spiro atoms. The Morgan fingerprint density at radius 2 is 2.00 bits per heavy atom. The van der Waals surface area contributed by atoms with Crippen molar-refractivity contribution in [2.75, 3.05) is 12.0 Å². The maximum atomic E-state index is 13.4. The number of rotatable bonds is 5. The van der Waals surface area contributed by atoms with Crippen LogP contribution in [-0.4, -0.2) is 18.0 Å². The van der Waals surface area contributed by atoms with Gasteiger partial charge in [0.15, 0.2) is 5.13 Å². The maximum Gasteiger partial charge on any atom is 0.260 e. The number of ether oxygens (including phenoxy) is 1. The van der Waals surface area contributed by atoms with Gasteiger partial charge in [-0.1, -0.05) is 17.4 Å². The standard InChI is InChI=1S/C22H20N2O3S/c1-14-6-7-16(11-15(14)2)21(25)24(13-18-5-4-10-27-18)22-23-19-9-8-17(26-3)12-20(19)28-22/h4-12H,13H2,1-3H3. The molecule has 0 saturated heterocycles. The van der Waals surface area contributed by atoms with E-state index in [9.17, 15) is 4.79 Å². The summed E-state index contributed by atoms with van der Waals surface area (Å²) in [6.45, 7) is 4.35. The minimum Gasteiger partial charge on any atom is -0.497 e. The first kappa shape index (κ1) is 18.3. The van der Waals surface area contributed by atoms with Crippen molar-refractivity contribution in [3.8, 4) is 5.75 Å². The Bertz CT molecular complexity index is 1130.